The number of nitrogens with zero attached hydrogens (tertiary/aromatic N) is 4. The van der Waals surface area contributed by atoms with Gasteiger partial charge in [-0.25, -0.2) is 14.3 Å². The highest BCUT2D eigenvalue weighted by molar-refractivity contribution is 9.10. The maximum atomic E-state index is 12.7. The Balaban J connectivity index is 1.76. The molecule has 0 aliphatic carbocycles. The van der Waals surface area contributed by atoms with Gasteiger partial charge in [0.2, 0.25) is 0 Å². The van der Waals surface area contributed by atoms with Crippen LogP contribution in [0.1, 0.15) is 26.3 Å². The highest BCUT2D eigenvalue weighted by Crippen LogP contribution is 2.39. The fourth-order valence-electron chi connectivity index (χ4n) is 4.24. The van der Waals surface area contributed by atoms with Crippen LogP contribution in [0, 0.1) is 6.92 Å². The van der Waals surface area contributed by atoms with Crippen LogP contribution >= 0.6 is 15.9 Å². The van der Waals surface area contributed by atoms with Crippen LogP contribution in [0.3, 0.4) is 0 Å². The molecule has 0 amide bonds. The van der Waals surface area contributed by atoms with E-state index >= 15 is 0 Å². The third-order valence-electron chi connectivity index (χ3n) is 5.93. The molecular formula is C25H31BrN4O3. The smallest absolute Gasteiger partial charge is 0.420 e. The highest BCUT2D eigenvalue weighted by atomic mass is 79.9. The van der Waals surface area contributed by atoms with Crippen LogP contribution in [0.5, 0.6) is 5.75 Å². The number of hydrogen-bond acceptors (Lipinski definition) is 6. The molecular weight excluding hydrogens is 484 g/mol. The number of benzene rings is 1. The van der Waals surface area contributed by atoms with Crippen molar-refractivity contribution in [3.63, 3.8) is 0 Å². The van der Waals surface area contributed by atoms with E-state index in [0.29, 0.717) is 5.65 Å². The minimum atomic E-state index is -0.583. The van der Waals surface area contributed by atoms with Crippen molar-refractivity contribution in [1.29, 1.82) is 0 Å². The number of pyridine rings is 1. The van der Waals surface area contributed by atoms with Gasteiger partial charge in [0.15, 0.2) is 5.65 Å². The lowest BCUT2D eigenvalue weighted by Crippen LogP contribution is -2.44. The fourth-order valence-corrected chi connectivity index (χ4v) is 4.74. The van der Waals surface area contributed by atoms with E-state index in [1.165, 1.54) is 4.57 Å². The molecule has 0 atom stereocenters. The van der Waals surface area contributed by atoms with Gasteiger partial charge in [-0.2, -0.15) is 0 Å². The summed E-state index contributed by atoms with van der Waals surface area (Å²) in [5.74, 6) is 0.882. The number of piperazine rings is 1. The van der Waals surface area contributed by atoms with Gasteiger partial charge in [0, 0.05) is 54.0 Å². The number of fused-ring (bicyclic) bond motifs is 1. The van der Waals surface area contributed by atoms with Crippen molar-refractivity contribution in [3.8, 4) is 16.9 Å². The Morgan fingerprint density at radius 3 is 2.48 bits per heavy atom. The average Bonchev–Trinajstić information content (AvgIpc) is 3.09. The van der Waals surface area contributed by atoms with Crippen molar-refractivity contribution in [2.24, 2.45) is 0 Å². The monoisotopic (exact) mass is 514 g/mol. The van der Waals surface area contributed by atoms with Crippen molar-refractivity contribution in [1.82, 2.24) is 14.5 Å². The molecule has 0 unspecified atom stereocenters. The van der Waals surface area contributed by atoms with Crippen LogP contribution in [-0.4, -0.2) is 66.5 Å². The van der Waals surface area contributed by atoms with Gasteiger partial charge in [-0.05, 0) is 73.9 Å². The van der Waals surface area contributed by atoms with Crippen LogP contribution in [0.4, 0.5) is 10.5 Å². The van der Waals surface area contributed by atoms with Crippen LogP contribution in [-0.2, 0) is 4.74 Å². The molecule has 8 heteroatoms. The molecule has 0 bridgehead atoms. The van der Waals surface area contributed by atoms with E-state index in [9.17, 15) is 4.79 Å². The molecule has 0 spiro atoms. The predicted octanol–water partition coefficient (Wildman–Crippen LogP) is 5.32. The molecule has 2 aromatic heterocycles. The Morgan fingerprint density at radius 2 is 1.85 bits per heavy atom. The number of methoxy groups -OCH3 is 1. The van der Waals surface area contributed by atoms with E-state index in [0.717, 1.165) is 64.2 Å². The molecule has 1 aliphatic heterocycles. The number of halogens is 1. The van der Waals surface area contributed by atoms with E-state index in [1.807, 2.05) is 33.0 Å². The first-order valence-electron chi connectivity index (χ1n) is 11.1. The summed E-state index contributed by atoms with van der Waals surface area (Å²) in [7, 11) is 3.87. The number of aromatic nitrogens is 2. The number of rotatable bonds is 3. The number of hydrogen-bond donors (Lipinski definition) is 0. The Kier molecular flexibility index (Phi) is 6.42. The van der Waals surface area contributed by atoms with Crippen LogP contribution in [0.15, 0.2) is 35.1 Å². The van der Waals surface area contributed by atoms with Gasteiger partial charge in [0.25, 0.3) is 0 Å². The summed E-state index contributed by atoms with van der Waals surface area (Å²) in [5.41, 5.74) is 4.35. The second kappa shape index (κ2) is 8.99. The van der Waals surface area contributed by atoms with E-state index in [4.69, 9.17) is 9.47 Å². The maximum absolute atomic E-state index is 12.7. The zero-order chi connectivity index (χ0) is 23.9. The lowest BCUT2D eigenvalue weighted by Gasteiger charge is -2.36. The van der Waals surface area contributed by atoms with E-state index in [1.54, 1.807) is 13.3 Å². The molecule has 7 nitrogen and oxygen atoms in total. The third kappa shape index (κ3) is 4.73. The summed E-state index contributed by atoms with van der Waals surface area (Å²) >= 11 is 3.59. The fraction of sp³-hybridized carbons (Fsp3) is 0.440. The summed E-state index contributed by atoms with van der Waals surface area (Å²) in [6.45, 7) is 11.6. The minimum absolute atomic E-state index is 0.448. The molecule has 176 valence electrons. The summed E-state index contributed by atoms with van der Waals surface area (Å²) in [6.07, 6.45) is 3.08. The third-order valence-corrected chi connectivity index (χ3v) is 6.56. The SMILES string of the molecule is COc1ccc(-c2cnc3c(c2)c(Br)cn3C(=O)OC(C)(C)C)c(C)c1N1CCN(C)CC1. The minimum Gasteiger partial charge on any atom is -0.495 e. The van der Waals surface area contributed by atoms with Crippen molar-refractivity contribution in [3.05, 3.63) is 40.6 Å². The van der Waals surface area contributed by atoms with Gasteiger partial charge in [0.05, 0.1) is 12.8 Å². The summed E-state index contributed by atoms with van der Waals surface area (Å²) in [4.78, 5) is 22.1. The standard InChI is InChI=1S/C25H31BrN4O3/c1-16-18(7-8-21(32-6)22(16)29-11-9-28(5)10-12-29)17-13-19-20(26)15-30(23(19)27-14-17)24(31)33-25(2,3)4/h7-8,13-15H,9-12H2,1-6H3. The first-order chi connectivity index (χ1) is 15.6. The molecule has 3 aromatic rings. The first kappa shape index (κ1) is 23.6. The van der Waals surface area contributed by atoms with Gasteiger partial charge in [-0.15, -0.1) is 0 Å². The van der Waals surface area contributed by atoms with Crippen LogP contribution in [0.2, 0.25) is 0 Å². The second-order valence-corrected chi connectivity index (χ2v) is 10.4. The highest BCUT2D eigenvalue weighted by Gasteiger charge is 2.24. The quantitative estimate of drug-likeness (QED) is 0.471. The van der Waals surface area contributed by atoms with Gasteiger partial charge in [0.1, 0.15) is 11.4 Å². The number of carbonyl (C=O) groups is 1. The van der Waals surface area contributed by atoms with E-state index in [-0.39, 0.29) is 0 Å². The van der Waals surface area contributed by atoms with Gasteiger partial charge in [-0.3, -0.25) is 0 Å². The summed E-state index contributed by atoms with van der Waals surface area (Å²) < 4.78 is 13.5. The zero-order valence-corrected chi connectivity index (χ0v) is 21.7. The molecule has 1 aromatic carbocycles. The maximum Gasteiger partial charge on any atom is 0.420 e. The Labute approximate surface area is 203 Å². The zero-order valence-electron chi connectivity index (χ0n) is 20.1. The Hall–Kier alpha value is -2.58. The Morgan fingerprint density at radius 1 is 1.15 bits per heavy atom. The van der Waals surface area contributed by atoms with E-state index < -0.39 is 11.7 Å². The number of anilines is 1. The topological polar surface area (TPSA) is 59.8 Å². The average molecular weight is 515 g/mol. The lowest BCUT2D eigenvalue weighted by molar-refractivity contribution is 0.0543. The van der Waals surface area contributed by atoms with Crippen molar-refractivity contribution >= 4 is 38.7 Å². The van der Waals surface area contributed by atoms with Gasteiger partial charge in [-0.1, -0.05) is 6.07 Å². The molecule has 0 saturated carbocycles. The van der Waals surface area contributed by atoms with Crippen molar-refractivity contribution < 1.29 is 14.3 Å². The van der Waals surface area contributed by atoms with Crippen molar-refractivity contribution in [2.45, 2.75) is 33.3 Å². The number of ether oxygens (including phenoxy) is 2. The second-order valence-electron chi connectivity index (χ2n) is 9.50. The molecule has 0 radical (unpaired) electrons. The molecule has 1 saturated heterocycles. The number of likely N-dealkylation sites (N-methyl/N-ethyl adjacent to an activating group) is 1. The first-order valence-corrected chi connectivity index (χ1v) is 11.9. The molecule has 1 aliphatic rings. The molecule has 0 N–H and O–H groups in total. The van der Waals surface area contributed by atoms with Gasteiger partial charge < -0.3 is 19.3 Å². The van der Waals surface area contributed by atoms with Crippen LogP contribution < -0.4 is 9.64 Å². The molecule has 4 rings (SSSR count). The van der Waals surface area contributed by atoms with E-state index in [2.05, 4.69) is 56.8 Å². The molecule has 1 fully saturated rings. The summed E-state index contributed by atoms with van der Waals surface area (Å²) in [6, 6.07) is 6.17. The lowest BCUT2D eigenvalue weighted by atomic mass is 9.98. The van der Waals surface area contributed by atoms with Crippen LogP contribution in [0.25, 0.3) is 22.2 Å². The summed E-state index contributed by atoms with van der Waals surface area (Å²) in [5, 5.41) is 0.856. The number of carbonyl (C=O) groups excluding carboxylic acids is 1. The molecule has 3 heterocycles. The molecule has 33 heavy (non-hydrogen) atoms. The largest absolute Gasteiger partial charge is 0.495 e. The Bertz CT molecular complexity index is 1190. The normalized spacial score (nSPS) is 15.2. The van der Waals surface area contributed by atoms with Gasteiger partial charge >= 0.3 is 6.09 Å². The predicted molar refractivity (Wildman–Crippen MR) is 135 cm³/mol. The van der Waals surface area contributed by atoms with Crippen molar-refractivity contribution in [2.75, 3.05) is 45.2 Å².